The molecule has 192 valence electrons. The quantitative estimate of drug-likeness (QED) is 0.304. The molecule has 0 saturated carbocycles. The fraction of sp³-hybridized carbons (Fsp3) is 0.172. The van der Waals surface area contributed by atoms with Gasteiger partial charge in [0.25, 0.3) is 5.91 Å². The lowest BCUT2D eigenvalue weighted by molar-refractivity contribution is 0.102. The van der Waals surface area contributed by atoms with Crippen molar-refractivity contribution in [2.75, 3.05) is 19.5 Å². The van der Waals surface area contributed by atoms with Crippen LogP contribution in [0.1, 0.15) is 30.2 Å². The zero-order valence-corrected chi connectivity index (χ0v) is 21.4. The van der Waals surface area contributed by atoms with Crippen LogP contribution in [0.4, 0.5) is 5.82 Å². The van der Waals surface area contributed by atoms with Crippen LogP contribution in [0.3, 0.4) is 0 Å². The molecule has 1 N–H and O–H groups in total. The second-order valence-corrected chi connectivity index (χ2v) is 8.86. The Morgan fingerprint density at radius 1 is 0.921 bits per heavy atom. The molecule has 2 aromatic carbocycles. The van der Waals surface area contributed by atoms with Crippen LogP contribution in [-0.2, 0) is 0 Å². The smallest absolute Gasteiger partial charge is 0.262 e. The number of fused-ring (bicyclic) bond motifs is 2. The fourth-order valence-electron chi connectivity index (χ4n) is 4.25. The number of para-hydroxylation sites is 1. The summed E-state index contributed by atoms with van der Waals surface area (Å²) in [7, 11) is 3.13. The Hall–Kier alpha value is -4.92. The van der Waals surface area contributed by atoms with Crippen molar-refractivity contribution in [3.63, 3.8) is 0 Å². The Morgan fingerprint density at radius 3 is 2.39 bits per heavy atom. The molecule has 0 spiro atoms. The molecule has 0 atom stereocenters. The molecule has 38 heavy (non-hydrogen) atoms. The van der Waals surface area contributed by atoms with E-state index in [0.717, 1.165) is 10.9 Å². The van der Waals surface area contributed by atoms with E-state index in [9.17, 15) is 9.59 Å². The lowest BCUT2D eigenvalue weighted by Crippen LogP contribution is -2.24. The fourth-order valence-corrected chi connectivity index (χ4v) is 4.25. The third kappa shape index (κ3) is 4.61. The number of anilines is 1. The molecule has 9 nitrogen and oxygen atoms in total. The second-order valence-electron chi connectivity index (χ2n) is 8.86. The Labute approximate surface area is 218 Å². The molecular weight excluding hydrogens is 484 g/mol. The van der Waals surface area contributed by atoms with E-state index in [2.05, 4.69) is 15.3 Å². The van der Waals surface area contributed by atoms with Crippen molar-refractivity contribution < 1.29 is 19.0 Å². The van der Waals surface area contributed by atoms with Gasteiger partial charge in [-0.1, -0.05) is 12.1 Å². The summed E-state index contributed by atoms with van der Waals surface area (Å²) >= 11 is 0. The maximum atomic E-state index is 13.1. The van der Waals surface area contributed by atoms with Crippen LogP contribution >= 0.6 is 0 Å². The first-order chi connectivity index (χ1) is 18.4. The van der Waals surface area contributed by atoms with Crippen LogP contribution in [0, 0.1) is 0 Å². The first-order valence-electron chi connectivity index (χ1n) is 12.0. The number of hydrogen-bond donors (Lipinski definition) is 1. The highest BCUT2D eigenvalue weighted by atomic mass is 16.5. The summed E-state index contributed by atoms with van der Waals surface area (Å²) in [6, 6.07) is 15.9. The standard InChI is InChI=1S/C29H26N4O5/c1-17(2)33-16-21(28(34)19-7-5-6-8-23(19)33)29(35)32-27-10-9-18(15-31-27)38-24-11-12-30-22-14-26(37-4)25(36-3)13-20(22)24/h5-17H,1-4H3,(H,31,32,35). The van der Waals surface area contributed by atoms with Crippen LogP contribution in [0.25, 0.3) is 21.8 Å². The third-order valence-electron chi connectivity index (χ3n) is 6.15. The highest BCUT2D eigenvalue weighted by Gasteiger charge is 2.17. The van der Waals surface area contributed by atoms with Crippen LogP contribution in [0.15, 0.2) is 78.0 Å². The van der Waals surface area contributed by atoms with Gasteiger partial charge in [-0.25, -0.2) is 4.98 Å². The van der Waals surface area contributed by atoms with Crippen LogP contribution in [0.5, 0.6) is 23.0 Å². The number of hydrogen-bond acceptors (Lipinski definition) is 7. The molecule has 0 aliphatic carbocycles. The molecule has 0 unspecified atom stereocenters. The topological polar surface area (TPSA) is 105 Å². The highest BCUT2D eigenvalue weighted by Crippen LogP contribution is 2.36. The van der Waals surface area contributed by atoms with E-state index in [1.54, 1.807) is 69.1 Å². The van der Waals surface area contributed by atoms with Gasteiger partial charge in [-0.05, 0) is 50.2 Å². The number of methoxy groups -OCH3 is 2. The van der Waals surface area contributed by atoms with E-state index >= 15 is 0 Å². The SMILES string of the molecule is COc1cc2nccc(Oc3ccc(NC(=O)c4cn(C(C)C)c5ccccc5c4=O)nc3)c2cc1OC. The van der Waals surface area contributed by atoms with E-state index in [4.69, 9.17) is 14.2 Å². The van der Waals surface area contributed by atoms with E-state index in [1.807, 2.05) is 30.5 Å². The molecule has 5 aromatic rings. The first kappa shape index (κ1) is 24.8. The summed E-state index contributed by atoms with van der Waals surface area (Å²) < 4.78 is 18.7. The summed E-state index contributed by atoms with van der Waals surface area (Å²) in [5.41, 5.74) is 1.18. The van der Waals surface area contributed by atoms with Gasteiger partial charge in [-0.2, -0.15) is 0 Å². The number of benzene rings is 2. The maximum absolute atomic E-state index is 13.1. The molecule has 3 heterocycles. The number of carbonyl (C=O) groups is 1. The lowest BCUT2D eigenvalue weighted by atomic mass is 10.1. The molecule has 0 bridgehead atoms. The molecule has 5 rings (SSSR count). The predicted molar refractivity (Wildman–Crippen MR) is 146 cm³/mol. The number of amides is 1. The molecular formula is C29H26N4O5. The molecule has 0 aliphatic heterocycles. The summed E-state index contributed by atoms with van der Waals surface area (Å²) in [6.07, 6.45) is 4.73. The largest absolute Gasteiger partial charge is 0.493 e. The number of aromatic nitrogens is 3. The van der Waals surface area contributed by atoms with Gasteiger partial charge in [0.1, 0.15) is 22.9 Å². The van der Waals surface area contributed by atoms with Crippen LogP contribution in [0.2, 0.25) is 0 Å². The van der Waals surface area contributed by atoms with Gasteiger partial charge in [-0.15, -0.1) is 0 Å². The van der Waals surface area contributed by atoms with Gasteiger partial charge >= 0.3 is 0 Å². The van der Waals surface area contributed by atoms with Crippen molar-refractivity contribution in [3.05, 3.63) is 89.0 Å². The highest BCUT2D eigenvalue weighted by molar-refractivity contribution is 6.05. The van der Waals surface area contributed by atoms with Crippen molar-refractivity contribution in [1.29, 1.82) is 0 Å². The van der Waals surface area contributed by atoms with E-state index in [0.29, 0.717) is 33.9 Å². The van der Waals surface area contributed by atoms with Gasteiger partial charge < -0.3 is 24.1 Å². The average Bonchev–Trinajstić information content (AvgIpc) is 2.93. The number of rotatable bonds is 7. The van der Waals surface area contributed by atoms with Crippen LogP contribution in [-0.4, -0.2) is 34.7 Å². The maximum Gasteiger partial charge on any atom is 0.262 e. The van der Waals surface area contributed by atoms with Crippen molar-refractivity contribution in [2.24, 2.45) is 0 Å². The second kappa shape index (κ2) is 10.2. The molecule has 0 radical (unpaired) electrons. The first-order valence-corrected chi connectivity index (χ1v) is 12.0. The molecule has 1 amide bonds. The Morgan fingerprint density at radius 2 is 1.68 bits per heavy atom. The van der Waals surface area contributed by atoms with Crippen molar-refractivity contribution >= 4 is 33.5 Å². The minimum absolute atomic E-state index is 0.0483. The Bertz CT molecular complexity index is 1710. The Kier molecular flexibility index (Phi) is 6.66. The molecule has 0 fully saturated rings. The van der Waals surface area contributed by atoms with Gasteiger partial charge in [0, 0.05) is 35.3 Å². The predicted octanol–water partition coefficient (Wildman–Crippen LogP) is 5.59. The third-order valence-corrected chi connectivity index (χ3v) is 6.15. The lowest BCUT2D eigenvalue weighted by Gasteiger charge is -2.16. The summed E-state index contributed by atoms with van der Waals surface area (Å²) in [5.74, 6) is 1.89. The van der Waals surface area contributed by atoms with Gasteiger partial charge in [0.2, 0.25) is 5.43 Å². The van der Waals surface area contributed by atoms with Gasteiger partial charge in [-0.3, -0.25) is 14.6 Å². The monoisotopic (exact) mass is 510 g/mol. The summed E-state index contributed by atoms with van der Waals surface area (Å²) in [5, 5.41) is 3.95. The summed E-state index contributed by atoms with van der Waals surface area (Å²) in [6.45, 7) is 3.99. The molecule has 0 aliphatic rings. The van der Waals surface area contributed by atoms with Gasteiger partial charge in [0.05, 0.1) is 31.4 Å². The number of carbonyl (C=O) groups excluding carboxylic acids is 1. The molecule has 3 aromatic heterocycles. The number of nitrogens with zero attached hydrogens (tertiary/aromatic N) is 3. The summed E-state index contributed by atoms with van der Waals surface area (Å²) in [4.78, 5) is 34.8. The van der Waals surface area contributed by atoms with Crippen molar-refractivity contribution in [2.45, 2.75) is 19.9 Å². The normalized spacial score (nSPS) is 11.1. The number of ether oxygens (including phenoxy) is 3. The average molecular weight is 511 g/mol. The van der Waals surface area contributed by atoms with E-state index in [-0.39, 0.29) is 22.9 Å². The van der Waals surface area contributed by atoms with Crippen LogP contribution < -0.4 is 25.0 Å². The zero-order chi connectivity index (χ0) is 26.8. The number of pyridine rings is 3. The van der Waals surface area contributed by atoms with Crippen molar-refractivity contribution in [1.82, 2.24) is 14.5 Å². The van der Waals surface area contributed by atoms with E-state index < -0.39 is 5.91 Å². The number of nitrogens with one attached hydrogen (secondary N) is 1. The van der Waals surface area contributed by atoms with Crippen molar-refractivity contribution in [3.8, 4) is 23.0 Å². The zero-order valence-electron chi connectivity index (χ0n) is 21.4. The minimum Gasteiger partial charge on any atom is -0.493 e. The molecule has 9 heteroatoms. The Balaban J connectivity index is 1.39. The van der Waals surface area contributed by atoms with Gasteiger partial charge in [0.15, 0.2) is 11.5 Å². The van der Waals surface area contributed by atoms with E-state index in [1.165, 1.54) is 6.20 Å². The minimum atomic E-state index is -0.530. The molecule has 0 saturated heterocycles.